The first kappa shape index (κ1) is 8.80. The Morgan fingerprint density at radius 3 is 2.50 bits per heavy atom. The van der Waals surface area contributed by atoms with Crippen molar-refractivity contribution in [1.29, 1.82) is 0 Å². The van der Waals surface area contributed by atoms with Crippen LogP contribution in [0.2, 0.25) is 0 Å². The van der Waals surface area contributed by atoms with Gasteiger partial charge in [0.25, 0.3) is 5.09 Å². The summed E-state index contributed by atoms with van der Waals surface area (Å²) < 4.78 is 0. The predicted octanol–water partition coefficient (Wildman–Crippen LogP) is 2.13. The second-order valence-electron chi connectivity index (χ2n) is 2.06. The Hall–Kier alpha value is -1.29. The molecule has 5 heteroatoms. The van der Waals surface area contributed by atoms with Gasteiger partial charge >= 0.3 is 0 Å². The van der Waals surface area contributed by atoms with Crippen LogP contribution in [-0.2, 0) is 4.84 Å². The molecular weight excluding hydrogens is 182 g/mol. The molecule has 1 atom stereocenters. The number of alkyl halides is 1. The third-order valence-electron chi connectivity index (χ3n) is 1.24. The summed E-state index contributed by atoms with van der Waals surface area (Å²) >= 11 is 5.54. The maximum atomic E-state index is 9.88. The van der Waals surface area contributed by atoms with E-state index in [0.29, 0.717) is 5.56 Å². The van der Waals surface area contributed by atoms with Gasteiger partial charge in [0.05, 0.1) is 0 Å². The van der Waals surface area contributed by atoms with Crippen LogP contribution in [0.1, 0.15) is 11.1 Å². The van der Waals surface area contributed by atoms with Crippen LogP contribution < -0.4 is 0 Å². The van der Waals surface area contributed by atoms with Crippen molar-refractivity contribution in [3.05, 3.63) is 46.0 Å². The van der Waals surface area contributed by atoms with Crippen LogP contribution in [0.5, 0.6) is 0 Å². The Morgan fingerprint density at radius 2 is 2.00 bits per heavy atom. The number of nitrogens with zero attached hydrogens (tertiary/aromatic N) is 1. The summed E-state index contributed by atoms with van der Waals surface area (Å²) in [5.74, 6) is 0. The highest BCUT2D eigenvalue weighted by Crippen LogP contribution is 2.20. The van der Waals surface area contributed by atoms with Crippen LogP contribution in [0.3, 0.4) is 0 Å². The topological polar surface area (TPSA) is 52.4 Å². The van der Waals surface area contributed by atoms with Gasteiger partial charge in [-0.25, -0.2) is 0 Å². The molecule has 0 aliphatic heterocycles. The van der Waals surface area contributed by atoms with Crippen LogP contribution in [-0.4, -0.2) is 5.09 Å². The van der Waals surface area contributed by atoms with Gasteiger partial charge in [-0.05, 0) is 5.56 Å². The van der Waals surface area contributed by atoms with E-state index >= 15 is 0 Å². The van der Waals surface area contributed by atoms with Gasteiger partial charge < -0.3 is 0 Å². The van der Waals surface area contributed by atoms with E-state index in [-0.39, 0.29) is 0 Å². The molecule has 0 radical (unpaired) electrons. The number of rotatable bonds is 3. The standard InChI is InChI=1S/C7H6ClNO3/c8-7(12-9(10)11)6-4-2-1-3-5-6/h1-5,7H. The average Bonchev–Trinajstić information content (AvgIpc) is 2.05. The van der Waals surface area contributed by atoms with E-state index in [1.165, 1.54) is 0 Å². The van der Waals surface area contributed by atoms with Gasteiger partial charge in [0.15, 0.2) is 0 Å². The molecule has 0 aliphatic rings. The summed E-state index contributed by atoms with van der Waals surface area (Å²) in [5, 5.41) is 8.97. The fourth-order valence-corrected chi connectivity index (χ4v) is 0.951. The van der Waals surface area contributed by atoms with Gasteiger partial charge in [-0.3, -0.25) is 4.84 Å². The predicted molar refractivity (Wildman–Crippen MR) is 43.1 cm³/mol. The third kappa shape index (κ3) is 2.39. The van der Waals surface area contributed by atoms with E-state index in [0.717, 1.165) is 0 Å². The second-order valence-corrected chi connectivity index (χ2v) is 2.45. The maximum absolute atomic E-state index is 9.88. The molecule has 1 unspecified atom stereocenters. The third-order valence-corrected chi connectivity index (χ3v) is 1.57. The van der Waals surface area contributed by atoms with Crippen molar-refractivity contribution >= 4 is 11.6 Å². The second kappa shape index (κ2) is 3.92. The minimum Gasteiger partial charge on any atom is -0.290 e. The minimum atomic E-state index is -1.03. The van der Waals surface area contributed by atoms with Gasteiger partial charge in [0, 0.05) is 0 Å². The number of benzene rings is 1. The first-order valence-corrected chi connectivity index (χ1v) is 3.64. The van der Waals surface area contributed by atoms with E-state index in [9.17, 15) is 10.1 Å². The Kier molecular flexibility index (Phi) is 2.88. The van der Waals surface area contributed by atoms with Gasteiger partial charge in [-0.2, -0.15) is 0 Å². The highest BCUT2D eigenvalue weighted by atomic mass is 35.5. The van der Waals surface area contributed by atoms with E-state index in [2.05, 4.69) is 4.84 Å². The molecule has 0 bridgehead atoms. The molecule has 0 saturated carbocycles. The smallest absolute Gasteiger partial charge is 0.290 e. The average molecular weight is 188 g/mol. The van der Waals surface area contributed by atoms with Crippen LogP contribution in [0.4, 0.5) is 0 Å². The molecule has 0 aromatic heterocycles. The summed E-state index contributed by atoms with van der Waals surface area (Å²) in [5.41, 5.74) is -0.461. The zero-order chi connectivity index (χ0) is 8.97. The summed E-state index contributed by atoms with van der Waals surface area (Å²) in [7, 11) is 0. The molecule has 1 aromatic carbocycles. The quantitative estimate of drug-likeness (QED) is 0.414. The molecule has 4 nitrogen and oxygen atoms in total. The highest BCUT2D eigenvalue weighted by Gasteiger charge is 2.10. The molecule has 0 fully saturated rings. The van der Waals surface area contributed by atoms with Gasteiger partial charge in [-0.15, -0.1) is 10.1 Å². The van der Waals surface area contributed by atoms with E-state index in [1.54, 1.807) is 30.3 Å². The fourth-order valence-electron chi connectivity index (χ4n) is 0.741. The molecular formula is C7H6ClNO3. The molecule has 1 rings (SSSR count). The fraction of sp³-hybridized carbons (Fsp3) is 0.143. The van der Waals surface area contributed by atoms with Crippen LogP contribution in [0, 0.1) is 10.1 Å². The van der Waals surface area contributed by atoms with Crippen molar-refractivity contribution in [2.45, 2.75) is 5.56 Å². The van der Waals surface area contributed by atoms with Crippen molar-refractivity contribution < 1.29 is 9.92 Å². The Morgan fingerprint density at radius 1 is 1.42 bits per heavy atom. The Labute approximate surface area is 73.8 Å². The van der Waals surface area contributed by atoms with Gasteiger partial charge in [-0.1, -0.05) is 41.9 Å². The van der Waals surface area contributed by atoms with Crippen molar-refractivity contribution in [1.82, 2.24) is 0 Å². The van der Waals surface area contributed by atoms with E-state index in [1.807, 2.05) is 0 Å². The molecule has 0 amide bonds. The Bertz CT molecular complexity index is 265. The Balaban J connectivity index is 2.65. The molecule has 64 valence electrons. The lowest BCUT2D eigenvalue weighted by Gasteiger charge is -2.05. The summed E-state index contributed by atoms with van der Waals surface area (Å²) in [6, 6.07) is 8.56. The lowest BCUT2D eigenvalue weighted by Crippen LogP contribution is -2.03. The minimum absolute atomic E-state index is 0.566. The lowest BCUT2D eigenvalue weighted by atomic mass is 10.2. The zero-order valence-corrected chi connectivity index (χ0v) is 6.77. The molecule has 0 N–H and O–H groups in total. The van der Waals surface area contributed by atoms with E-state index in [4.69, 9.17) is 11.6 Å². The van der Waals surface area contributed by atoms with Crippen LogP contribution >= 0.6 is 11.6 Å². The van der Waals surface area contributed by atoms with Crippen molar-refractivity contribution in [2.24, 2.45) is 0 Å². The van der Waals surface area contributed by atoms with E-state index < -0.39 is 10.6 Å². The maximum Gasteiger partial charge on any atom is 0.296 e. The largest absolute Gasteiger partial charge is 0.296 e. The van der Waals surface area contributed by atoms with Crippen molar-refractivity contribution in [3.63, 3.8) is 0 Å². The normalized spacial score (nSPS) is 12.1. The monoisotopic (exact) mass is 187 g/mol. The van der Waals surface area contributed by atoms with Crippen molar-refractivity contribution in [3.8, 4) is 0 Å². The molecule has 0 heterocycles. The van der Waals surface area contributed by atoms with Crippen LogP contribution in [0.15, 0.2) is 30.3 Å². The highest BCUT2D eigenvalue weighted by molar-refractivity contribution is 6.19. The van der Waals surface area contributed by atoms with Crippen molar-refractivity contribution in [2.75, 3.05) is 0 Å². The van der Waals surface area contributed by atoms with Crippen LogP contribution in [0.25, 0.3) is 0 Å². The van der Waals surface area contributed by atoms with Gasteiger partial charge in [0.1, 0.15) is 0 Å². The first-order valence-electron chi connectivity index (χ1n) is 3.20. The van der Waals surface area contributed by atoms with Gasteiger partial charge in [0.2, 0.25) is 5.56 Å². The molecule has 0 spiro atoms. The SMILES string of the molecule is O=[N+]([O-])OC(Cl)c1ccccc1. The molecule has 12 heavy (non-hydrogen) atoms. The zero-order valence-electron chi connectivity index (χ0n) is 6.01. The summed E-state index contributed by atoms with van der Waals surface area (Å²) in [6.07, 6.45) is 0. The molecule has 1 aromatic rings. The lowest BCUT2D eigenvalue weighted by molar-refractivity contribution is -0.764. The first-order chi connectivity index (χ1) is 5.70. The number of hydrogen-bond acceptors (Lipinski definition) is 3. The molecule has 0 saturated heterocycles. The number of halogens is 1. The summed E-state index contributed by atoms with van der Waals surface area (Å²) in [4.78, 5) is 14.0. The molecule has 0 aliphatic carbocycles. The summed E-state index contributed by atoms with van der Waals surface area (Å²) in [6.45, 7) is 0. The number of hydrogen-bond donors (Lipinski definition) is 0.